The minimum atomic E-state index is -3.01. The Balaban J connectivity index is 2.41. The smallest absolute Gasteiger partial charge is 0.264 e. The first-order valence-electron chi connectivity index (χ1n) is 9.17. The zero-order valence-corrected chi connectivity index (χ0v) is 11.1. The van der Waals surface area contributed by atoms with E-state index in [2.05, 4.69) is 4.98 Å². The van der Waals surface area contributed by atoms with Crippen LogP contribution >= 0.6 is 0 Å². The van der Waals surface area contributed by atoms with Crippen molar-refractivity contribution < 1.29 is 17.8 Å². The van der Waals surface area contributed by atoms with Gasteiger partial charge in [0.05, 0.1) is 26.1 Å². The summed E-state index contributed by atoms with van der Waals surface area (Å²) in [6, 6.07) is -1.36. The highest BCUT2D eigenvalue weighted by atomic mass is 16.2. The fraction of sp³-hybridized carbons (Fsp3) is 0.333. The Morgan fingerprint density at radius 3 is 2.95 bits per heavy atom. The molecular formula is C15H15N3O3. The number of Topliss-reactive ketones (excluding diaryl/α,β-unsaturated/α-hetero) is 2. The standard InChI is InChI=1S/C15H15N3O3/c1-8-17-11-4-2-3-10(16)14(11)15(21)18(8)12-6-5-9(19)7-13(12)20/h2-4,12H,5-7,16H2,1H3/i3D,4D,5D2,6D2. The van der Waals surface area contributed by atoms with Crippen LogP contribution in [0, 0.1) is 6.92 Å². The van der Waals surface area contributed by atoms with Gasteiger partial charge < -0.3 is 5.73 Å². The van der Waals surface area contributed by atoms with E-state index >= 15 is 0 Å². The van der Waals surface area contributed by atoms with Crippen molar-refractivity contribution in [2.24, 2.45) is 0 Å². The molecule has 1 aromatic heterocycles. The molecule has 1 atom stereocenters. The number of carbonyl (C=O) groups excluding carboxylic acids is 2. The molecular weight excluding hydrogens is 270 g/mol. The Labute approximate surface area is 129 Å². The van der Waals surface area contributed by atoms with Crippen molar-refractivity contribution in [3.63, 3.8) is 0 Å². The summed E-state index contributed by atoms with van der Waals surface area (Å²) < 4.78 is 48.0. The zero-order valence-electron chi connectivity index (χ0n) is 17.1. The maximum Gasteiger partial charge on any atom is 0.264 e. The van der Waals surface area contributed by atoms with Crippen LogP contribution in [-0.2, 0) is 9.59 Å². The molecule has 1 fully saturated rings. The molecule has 6 nitrogen and oxygen atoms in total. The van der Waals surface area contributed by atoms with Gasteiger partial charge in [0.25, 0.3) is 5.56 Å². The number of benzene rings is 1. The van der Waals surface area contributed by atoms with Crippen LogP contribution in [0.2, 0.25) is 0 Å². The van der Waals surface area contributed by atoms with Crippen LogP contribution in [0.15, 0.2) is 22.9 Å². The molecule has 1 aromatic carbocycles. The summed E-state index contributed by atoms with van der Waals surface area (Å²) in [4.78, 5) is 41.4. The largest absolute Gasteiger partial charge is 0.398 e. The van der Waals surface area contributed by atoms with E-state index in [1.54, 1.807) is 0 Å². The summed E-state index contributed by atoms with van der Waals surface area (Å²) in [5.41, 5.74) is 4.43. The van der Waals surface area contributed by atoms with E-state index in [-0.39, 0.29) is 34.5 Å². The molecule has 0 bridgehead atoms. The molecule has 0 radical (unpaired) electrons. The average Bonchev–Trinajstić information content (AvgIpc) is 2.54. The van der Waals surface area contributed by atoms with Crippen LogP contribution in [0.1, 0.15) is 39.3 Å². The van der Waals surface area contributed by atoms with Crippen molar-refractivity contribution in [2.75, 3.05) is 5.73 Å². The van der Waals surface area contributed by atoms with E-state index in [4.69, 9.17) is 14.0 Å². The number of carbonyl (C=O) groups is 2. The van der Waals surface area contributed by atoms with E-state index in [1.807, 2.05) is 0 Å². The van der Waals surface area contributed by atoms with Crippen molar-refractivity contribution in [1.82, 2.24) is 9.55 Å². The summed E-state index contributed by atoms with van der Waals surface area (Å²) in [7, 11) is 0. The molecule has 2 aromatic rings. The van der Waals surface area contributed by atoms with E-state index < -0.39 is 42.3 Å². The Kier molecular flexibility index (Phi) is 1.84. The highest BCUT2D eigenvalue weighted by Gasteiger charge is 2.30. The first-order chi connectivity index (χ1) is 12.3. The Morgan fingerprint density at radius 1 is 1.43 bits per heavy atom. The van der Waals surface area contributed by atoms with Crippen LogP contribution in [0.3, 0.4) is 0 Å². The SMILES string of the molecule is [2H]c1cc([2H])c2nc(C)n(C3C(=O)CC(=O)C([2H])([2H])C3([2H])[2H])c(=O)c2c1N. The lowest BCUT2D eigenvalue weighted by atomic mass is 9.92. The highest BCUT2D eigenvalue weighted by molar-refractivity contribution is 6.03. The second kappa shape index (κ2) is 4.80. The van der Waals surface area contributed by atoms with Gasteiger partial charge in [0.15, 0.2) is 5.78 Å². The molecule has 0 saturated heterocycles. The first-order valence-corrected chi connectivity index (χ1v) is 6.17. The number of aryl methyl sites for hydroxylation is 1. The summed E-state index contributed by atoms with van der Waals surface area (Å²) in [6.45, 7) is 1.31. The minimum absolute atomic E-state index is 0.106. The van der Waals surface area contributed by atoms with Crippen molar-refractivity contribution in [3.8, 4) is 0 Å². The quantitative estimate of drug-likeness (QED) is 0.628. The average molecular weight is 291 g/mol. The molecule has 1 saturated carbocycles. The first kappa shape index (κ1) is 8.07. The number of nitrogens with zero attached hydrogens (tertiary/aromatic N) is 2. The van der Waals surface area contributed by atoms with Gasteiger partial charge in [-0.05, 0) is 25.4 Å². The fourth-order valence-electron chi connectivity index (χ4n) is 2.28. The van der Waals surface area contributed by atoms with Gasteiger partial charge in [-0.25, -0.2) is 4.98 Å². The van der Waals surface area contributed by atoms with E-state index in [0.29, 0.717) is 4.57 Å². The van der Waals surface area contributed by atoms with Gasteiger partial charge >= 0.3 is 0 Å². The van der Waals surface area contributed by atoms with Crippen LogP contribution in [-0.4, -0.2) is 21.1 Å². The van der Waals surface area contributed by atoms with Gasteiger partial charge in [0.2, 0.25) is 0 Å². The normalized spacial score (nSPS) is 28.1. The summed E-state index contributed by atoms with van der Waals surface area (Å²) in [6.07, 6.45) is -6.87. The molecule has 1 heterocycles. The zero-order chi connectivity index (χ0) is 20.5. The number of hydrogen-bond acceptors (Lipinski definition) is 5. The topological polar surface area (TPSA) is 95.0 Å². The second-order valence-electron chi connectivity index (χ2n) is 4.64. The maximum atomic E-state index is 13.0. The third-order valence-electron chi connectivity index (χ3n) is 3.24. The molecule has 6 heteroatoms. The van der Waals surface area contributed by atoms with E-state index in [9.17, 15) is 14.4 Å². The van der Waals surface area contributed by atoms with Gasteiger partial charge in [-0.1, -0.05) is 6.07 Å². The molecule has 0 aliphatic heterocycles. The van der Waals surface area contributed by atoms with Crippen LogP contribution in [0.5, 0.6) is 0 Å². The van der Waals surface area contributed by atoms with Crippen molar-refractivity contribution >= 4 is 28.2 Å². The van der Waals surface area contributed by atoms with Gasteiger partial charge in [-0.3, -0.25) is 19.0 Å². The number of nitrogen functional groups attached to an aromatic ring is 1. The molecule has 3 rings (SSSR count). The number of fused-ring (bicyclic) bond motifs is 1. The lowest BCUT2D eigenvalue weighted by Gasteiger charge is -2.24. The van der Waals surface area contributed by atoms with Crippen LogP contribution in [0.4, 0.5) is 5.69 Å². The Morgan fingerprint density at radius 2 is 2.19 bits per heavy atom. The molecule has 108 valence electrons. The predicted octanol–water partition coefficient (Wildman–Crippen LogP) is 1.15. The van der Waals surface area contributed by atoms with Crippen molar-refractivity contribution in [2.45, 2.75) is 32.1 Å². The molecule has 2 N–H and O–H groups in total. The third kappa shape index (κ3) is 2.12. The lowest BCUT2D eigenvalue weighted by Crippen LogP contribution is -2.36. The predicted molar refractivity (Wildman–Crippen MR) is 78.1 cm³/mol. The number of aromatic nitrogens is 2. The molecule has 21 heavy (non-hydrogen) atoms. The molecule has 1 aliphatic carbocycles. The minimum Gasteiger partial charge on any atom is -0.398 e. The Hall–Kier alpha value is -2.50. The van der Waals surface area contributed by atoms with E-state index in [1.165, 1.54) is 6.92 Å². The number of nitrogens with two attached hydrogens (primary N) is 1. The van der Waals surface area contributed by atoms with Gasteiger partial charge in [-0.2, -0.15) is 0 Å². The second-order valence-corrected chi connectivity index (χ2v) is 4.64. The highest BCUT2D eigenvalue weighted by Crippen LogP contribution is 2.24. The van der Waals surface area contributed by atoms with Crippen LogP contribution in [0.25, 0.3) is 10.9 Å². The Bertz CT molecular complexity index is 1080. The van der Waals surface area contributed by atoms with Gasteiger partial charge in [0, 0.05) is 17.5 Å². The van der Waals surface area contributed by atoms with Crippen molar-refractivity contribution in [3.05, 3.63) is 34.3 Å². The monoisotopic (exact) mass is 291 g/mol. The maximum absolute atomic E-state index is 13.0. The van der Waals surface area contributed by atoms with Gasteiger partial charge in [0.1, 0.15) is 11.6 Å². The summed E-state index contributed by atoms with van der Waals surface area (Å²) in [5.74, 6) is -2.29. The fourth-order valence-corrected chi connectivity index (χ4v) is 2.28. The molecule has 1 unspecified atom stereocenters. The number of ketones is 2. The number of hydrogen-bond donors (Lipinski definition) is 1. The van der Waals surface area contributed by atoms with Gasteiger partial charge in [-0.15, -0.1) is 0 Å². The van der Waals surface area contributed by atoms with E-state index in [0.717, 1.165) is 6.07 Å². The third-order valence-corrected chi connectivity index (χ3v) is 3.24. The molecule has 0 amide bonds. The van der Waals surface area contributed by atoms with Crippen molar-refractivity contribution in [1.29, 1.82) is 0 Å². The molecule has 0 spiro atoms. The molecule has 1 aliphatic rings. The van der Waals surface area contributed by atoms with Crippen LogP contribution < -0.4 is 11.3 Å². The summed E-state index contributed by atoms with van der Waals surface area (Å²) in [5, 5.41) is -0.320. The lowest BCUT2D eigenvalue weighted by molar-refractivity contribution is -0.132. The number of anilines is 1. The number of rotatable bonds is 1. The summed E-state index contributed by atoms with van der Waals surface area (Å²) >= 11 is 0.